The van der Waals surface area contributed by atoms with E-state index in [0.717, 1.165) is 11.1 Å². The molecule has 3 nitrogen and oxygen atoms in total. The molecule has 3 heteroatoms. The maximum atomic E-state index is 10.2. The van der Waals surface area contributed by atoms with E-state index in [4.69, 9.17) is 0 Å². The van der Waals surface area contributed by atoms with Crippen LogP contribution in [0.5, 0.6) is 0 Å². The van der Waals surface area contributed by atoms with Crippen LogP contribution in [0.3, 0.4) is 0 Å². The van der Waals surface area contributed by atoms with Gasteiger partial charge in [-0.15, -0.1) is 0 Å². The van der Waals surface area contributed by atoms with E-state index in [1.807, 2.05) is 43.8 Å². The largest absolute Gasteiger partial charge is 0.380 e. The van der Waals surface area contributed by atoms with E-state index in [0.29, 0.717) is 5.82 Å². The molecule has 1 atom stereocenters. The van der Waals surface area contributed by atoms with Gasteiger partial charge in [-0.3, -0.25) is 0 Å². The van der Waals surface area contributed by atoms with Crippen molar-refractivity contribution in [1.29, 1.82) is 0 Å². The van der Waals surface area contributed by atoms with Crippen LogP contribution >= 0.6 is 0 Å². The number of hydrogen-bond acceptors (Lipinski definition) is 2. The molecular weight excluding hydrogens is 200 g/mol. The number of aliphatic hydroxyl groups excluding tert-OH is 1. The highest BCUT2D eigenvalue weighted by Gasteiger charge is 2.16. The molecule has 0 amide bonds. The van der Waals surface area contributed by atoms with Gasteiger partial charge < -0.3 is 9.67 Å². The number of nitrogens with zero attached hydrogens (tertiary/aromatic N) is 2. The zero-order valence-electron chi connectivity index (χ0n) is 9.81. The van der Waals surface area contributed by atoms with Crippen molar-refractivity contribution < 1.29 is 5.11 Å². The molecule has 0 saturated heterocycles. The predicted molar refractivity (Wildman–Crippen MR) is 63.2 cm³/mol. The molecular formula is C13H16N2O. The molecule has 0 aliphatic rings. The molecule has 1 N–H and O–H groups in total. The molecule has 0 spiro atoms. The van der Waals surface area contributed by atoms with Crippen molar-refractivity contribution in [2.24, 2.45) is 7.05 Å². The Morgan fingerprint density at radius 1 is 1.31 bits per heavy atom. The second-order valence-electron chi connectivity index (χ2n) is 4.16. The number of hydrogen-bond donors (Lipinski definition) is 1. The van der Waals surface area contributed by atoms with Crippen LogP contribution in [-0.2, 0) is 7.05 Å². The molecule has 0 saturated carbocycles. The van der Waals surface area contributed by atoms with Crippen molar-refractivity contribution in [3.8, 4) is 0 Å². The lowest BCUT2D eigenvalue weighted by molar-refractivity contribution is 0.205. The minimum atomic E-state index is -0.652. The van der Waals surface area contributed by atoms with Gasteiger partial charge in [0.05, 0.1) is 0 Å². The van der Waals surface area contributed by atoms with Crippen molar-refractivity contribution >= 4 is 0 Å². The Morgan fingerprint density at radius 2 is 2.06 bits per heavy atom. The summed E-state index contributed by atoms with van der Waals surface area (Å²) < 4.78 is 1.84. The Hall–Kier alpha value is -1.61. The number of aliphatic hydroxyl groups is 1. The Morgan fingerprint density at radius 3 is 2.62 bits per heavy atom. The molecule has 1 aromatic heterocycles. The van der Waals surface area contributed by atoms with Crippen LogP contribution < -0.4 is 0 Å². The lowest BCUT2D eigenvalue weighted by Crippen LogP contribution is -2.08. The van der Waals surface area contributed by atoms with E-state index < -0.39 is 6.10 Å². The van der Waals surface area contributed by atoms with Gasteiger partial charge in [0.25, 0.3) is 0 Å². The summed E-state index contributed by atoms with van der Waals surface area (Å²) in [6, 6.07) is 6.04. The summed E-state index contributed by atoms with van der Waals surface area (Å²) in [5.41, 5.74) is 3.21. The second kappa shape index (κ2) is 4.10. The van der Waals surface area contributed by atoms with E-state index in [2.05, 4.69) is 11.1 Å². The second-order valence-corrected chi connectivity index (χ2v) is 4.16. The van der Waals surface area contributed by atoms with Gasteiger partial charge in [-0.25, -0.2) is 4.98 Å². The highest BCUT2D eigenvalue weighted by atomic mass is 16.3. The minimum Gasteiger partial charge on any atom is -0.380 e. The smallest absolute Gasteiger partial charge is 0.142 e. The molecule has 2 aromatic rings. The van der Waals surface area contributed by atoms with Crippen LogP contribution in [0.2, 0.25) is 0 Å². The minimum absolute atomic E-state index is 0.652. The lowest BCUT2D eigenvalue weighted by atomic mass is 10.0. The highest BCUT2D eigenvalue weighted by molar-refractivity contribution is 5.34. The fourth-order valence-electron chi connectivity index (χ4n) is 1.91. The molecule has 2 rings (SSSR count). The van der Waals surface area contributed by atoms with Crippen LogP contribution in [0.1, 0.15) is 28.6 Å². The summed E-state index contributed by atoms with van der Waals surface area (Å²) in [6.45, 7) is 4.05. The molecule has 84 valence electrons. The van der Waals surface area contributed by atoms with E-state index >= 15 is 0 Å². The first-order chi connectivity index (χ1) is 7.59. The van der Waals surface area contributed by atoms with Gasteiger partial charge >= 0.3 is 0 Å². The third-order valence-electron chi connectivity index (χ3n) is 2.82. The first-order valence-corrected chi connectivity index (χ1v) is 5.32. The molecule has 0 bridgehead atoms. The first kappa shape index (κ1) is 10.9. The summed E-state index contributed by atoms with van der Waals surface area (Å²) in [4.78, 5) is 4.17. The van der Waals surface area contributed by atoms with Crippen molar-refractivity contribution in [3.05, 3.63) is 53.1 Å². The number of aryl methyl sites for hydroxylation is 3. The average Bonchev–Trinajstić information content (AvgIpc) is 2.63. The maximum Gasteiger partial charge on any atom is 0.142 e. The van der Waals surface area contributed by atoms with Gasteiger partial charge in [-0.1, -0.05) is 23.8 Å². The predicted octanol–water partition coefficient (Wildman–Crippen LogP) is 2.12. The number of imidazole rings is 1. The monoisotopic (exact) mass is 216 g/mol. The van der Waals surface area contributed by atoms with Crippen LogP contribution in [0.15, 0.2) is 30.6 Å². The number of aromatic nitrogens is 2. The molecule has 0 aliphatic heterocycles. The molecule has 0 aliphatic carbocycles. The van der Waals surface area contributed by atoms with E-state index in [9.17, 15) is 5.11 Å². The molecule has 0 radical (unpaired) electrons. The van der Waals surface area contributed by atoms with Crippen LogP contribution in [-0.4, -0.2) is 14.7 Å². The standard InChI is InChI=1S/C13H16N2O/c1-9-4-5-11(10(2)8-9)12(16)13-14-6-7-15(13)3/h4-8,12,16H,1-3H3. The van der Waals surface area contributed by atoms with Gasteiger partial charge in [0.15, 0.2) is 0 Å². The van der Waals surface area contributed by atoms with Crippen molar-refractivity contribution in [2.75, 3.05) is 0 Å². The third-order valence-corrected chi connectivity index (χ3v) is 2.82. The topological polar surface area (TPSA) is 38.1 Å². The van der Waals surface area contributed by atoms with Crippen LogP contribution in [0.4, 0.5) is 0 Å². The quantitative estimate of drug-likeness (QED) is 0.835. The fraction of sp³-hybridized carbons (Fsp3) is 0.308. The summed E-state index contributed by atoms with van der Waals surface area (Å²) in [5, 5.41) is 10.2. The molecule has 1 unspecified atom stereocenters. The molecule has 1 aromatic carbocycles. The highest BCUT2D eigenvalue weighted by Crippen LogP contribution is 2.23. The molecule has 1 heterocycles. The summed E-state index contributed by atoms with van der Waals surface area (Å²) >= 11 is 0. The van der Waals surface area contributed by atoms with E-state index in [1.54, 1.807) is 6.20 Å². The maximum absolute atomic E-state index is 10.2. The fourth-order valence-corrected chi connectivity index (χ4v) is 1.91. The average molecular weight is 216 g/mol. The van der Waals surface area contributed by atoms with Gasteiger partial charge in [0.1, 0.15) is 11.9 Å². The van der Waals surface area contributed by atoms with Gasteiger partial charge in [-0.2, -0.15) is 0 Å². The summed E-state index contributed by atoms with van der Waals surface area (Å²) in [6.07, 6.45) is 2.88. The normalized spacial score (nSPS) is 12.8. The molecule has 16 heavy (non-hydrogen) atoms. The van der Waals surface area contributed by atoms with Crippen LogP contribution in [0, 0.1) is 13.8 Å². The van der Waals surface area contributed by atoms with Crippen molar-refractivity contribution in [3.63, 3.8) is 0 Å². The Kier molecular flexibility index (Phi) is 2.79. The SMILES string of the molecule is Cc1ccc(C(O)c2nccn2C)c(C)c1. The van der Waals surface area contributed by atoms with Gasteiger partial charge in [-0.05, 0) is 25.0 Å². The lowest BCUT2D eigenvalue weighted by Gasteiger charge is -2.14. The van der Waals surface area contributed by atoms with Gasteiger partial charge in [0.2, 0.25) is 0 Å². The van der Waals surface area contributed by atoms with E-state index in [-0.39, 0.29) is 0 Å². The van der Waals surface area contributed by atoms with Crippen LogP contribution in [0.25, 0.3) is 0 Å². The summed E-state index contributed by atoms with van der Waals surface area (Å²) in [5.74, 6) is 0.673. The third kappa shape index (κ3) is 1.86. The van der Waals surface area contributed by atoms with Crippen molar-refractivity contribution in [2.45, 2.75) is 20.0 Å². The Balaban J connectivity index is 2.41. The Labute approximate surface area is 95.4 Å². The zero-order valence-corrected chi connectivity index (χ0v) is 9.81. The molecule has 0 fully saturated rings. The first-order valence-electron chi connectivity index (χ1n) is 5.32. The number of benzene rings is 1. The Bertz CT molecular complexity index is 502. The number of rotatable bonds is 2. The van der Waals surface area contributed by atoms with Gasteiger partial charge in [0, 0.05) is 19.4 Å². The van der Waals surface area contributed by atoms with E-state index in [1.165, 1.54) is 5.56 Å². The zero-order chi connectivity index (χ0) is 11.7. The summed E-state index contributed by atoms with van der Waals surface area (Å²) in [7, 11) is 1.88. The van der Waals surface area contributed by atoms with Crippen molar-refractivity contribution in [1.82, 2.24) is 9.55 Å².